The van der Waals surface area contributed by atoms with Gasteiger partial charge < -0.3 is 15.4 Å². The third kappa shape index (κ3) is 5.88. The summed E-state index contributed by atoms with van der Waals surface area (Å²) in [4.78, 5) is 4.04. The van der Waals surface area contributed by atoms with Gasteiger partial charge in [-0.15, -0.1) is 24.0 Å². The molecule has 0 spiro atoms. The minimum Gasteiger partial charge on any atom is -0.380 e. The summed E-state index contributed by atoms with van der Waals surface area (Å²) in [5, 5.41) is 6.17. The molecule has 0 saturated carbocycles. The molecular weight excluding hydrogens is 329 g/mol. The van der Waals surface area contributed by atoms with Crippen LogP contribution in [0.1, 0.15) is 11.1 Å². The van der Waals surface area contributed by atoms with Crippen LogP contribution in [0.5, 0.6) is 0 Å². The zero-order valence-corrected chi connectivity index (χ0v) is 12.8. The molecule has 96 valence electrons. The van der Waals surface area contributed by atoms with Crippen LogP contribution < -0.4 is 10.6 Å². The van der Waals surface area contributed by atoms with E-state index in [0.717, 1.165) is 12.5 Å². The second kappa shape index (κ2) is 9.23. The number of benzene rings is 1. The molecule has 1 aromatic rings. The van der Waals surface area contributed by atoms with E-state index in [2.05, 4.69) is 39.9 Å². The molecule has 1 rings (SSSR count). The van der Waals surface area contributed by atoms with E-state index in [1.165, 1.54) is 11.1 Å². The molecule has 0 aliphatic heterocycles. The van der Waals surface area contributed by atoms with Crippen LogP contribution in [0, 0.1) is 0 Å². The van der Waals surface area contributed by atoms with Crippen LogP contribution in [-0.2, 0) is 17.9 Å². The van der Waals surface area contributed by atoms with Crippen molar-refractivity contribution in [1.82, 2.24) is 10.6 Å². The van der Waals surface area contributed by atoms with E-state index < -0.39 is 0 Å². The number of nitrogens with one attached hydrogen (secondary N) is 2. The van der Waals surface area contributed by atoms with Gasteiger partial charge in [-0.05, 0) is 11.1 Å². The van der Waals surface area contributed by atoms with Crippen molar-refractivity contribution < 1.29 is 4.74 Å². The van der Waals surface area contributed by atoms with Crippen LogP contribution >= 0.6 is 24.0 Å². The van der Waals surface area contributed by atoms with Gasteiger partial charge in [0.15, 0.2) is 5.96 Å². The van der Waals surface area contributed by atoms with Crippen molar-refractivity contribution in [1.29, 1.82) is 0 Å². The van der Waals surface area contributed by atoms with E-state index in [0.29, 0.717) is 6.61 Å². The Morgan fingerprint density at radius 1 is 1.24 bits per heavy atom. The summed E-state index contributed by atoms with van der Waals surface area (Å²) in [6.07, 6.45) is 0. The molecule has 0 fully saturated rings. The van der Waals surface area contributed by atoms with Crippen LogP contribution in [0.4, 0.5) is 0 Å². The van der Waals surface area contributed by atoms with E-state index >= 15 is 0 Å². The lowest BCUT2D eigenvalue weighted by atomic mass is 10.1. The number of rotatable bonds is 4. The molecule has 0 radical (unpaired) electrons. The maximum atomic E-state index is 5.06. The van der Waals surface area contributed by atoms with Gasteiger partial charge in [0, 0.05) is 27.7 Å². The molecule has 0 saturated heterocycles. The van der Waals surface area contributed by atoms with E-state index in [4.69, 9.17) is 4.74 Å². The van der Waals surface area contributed by atoms with E-state index in [-0.39, 0.29) is 24.0 Å². The molecule has 1 aromatic carbocycles. The molecule has 0 amide bonds. The molecule has 0 unspecified atom stereocenters. The van der Waals surface area contributed by atoms with Crippen molar-refractivity contribution in [2.24, 2.45) is 4.99 Å². The van der Waals surface area contributed by atoms with Crippen molar-refractivity contribution in [3.8, 4) is 0 Å². The summed E-state index contributed by atoms with van der Waals surface area (Å²) in [5.74, 6) is 0.793. The predicted octanol–water partition coefficient (Wildman–Crippen LogP) is 1.75. The number of guanidine groups is 1. The predicted molar refractivity (Wildman–Crippen MR) is 81.8 cm³/mol. The SMILES string of the molecule is CN=C(NC)NCc1ccc(COC)cc1.I. The van der Waals surface area contributed by atoms with Gasteiger partial charge in [-0.2, -0.15) is 0 Å². The van der Waals surface area contributed by atoms with Gasteiger partial charge in [0.1, 0.15) is 0 Å². The summed E-state index contributed by atoms with van der Waals surface area (Å²) >= 11 is 0. The highest BCUT2D eigenvalue weighted by atomic mass is 127. The lowest BCUT2D eigenvalue weighted by Gasteiger charge is -2.08. The summed E-state index contributed by atoms with van der Waals surface area (Å²) in [5.41, 5.74) is 2.40. The Labute approximate surface area is 120 Å². The van der Waals surface area contributed by atoms with E-state index in [1.54, 1.807) is 14.2 Å². The number of ether oxygens (including phenoxy) is 1. The molecule has 0 aliphatic carbocycles. The quantitative estimate of drug-likeness (QED) is 0.495. The Bertz CT molecular complexity index is 338. The minimum absolute atomic E-state index is 0. The van der Waals surface area contributed by atoms with Crippen LogP contribution in [0.25, 0.3) is 0 Å². The first-order chi connectivity index (χ1) is 7.80. The second-order valence-electron chi connectivity index (χ2n) is 3.43. The zero-order valence-electron chi connectivity index (χ0n) is 10.5. The van der Waals surface area contributed by atoms with Crippen molar-refractivity contribution in [3.63, 3.8) is 0 Å². The van der Waals surface area contributed by atoms with Crippen molar-refractivity contribution in [3.05, 3.63) is 35.4 Å². The van der Waals surface area contributed by atoms with Gasteiger partial charge in [-0.1, -0.05) is 24.3 Å². The standard InChI is InChI=1S/C12H19N3O.HI/c1-13-12(14-2)15-8-10-4-6-11(7-5-10)9-16-3;/h4-7H,8-9H2,1-3H3,(H2,13,14,15);1H. The fourth-order valence-electron chi connectivity index (χ4n) is 1.39. The molecule has 2 N–H and O–H groups in total. The number of halogens is 1. The van der Waals surface area contributed by atoms with E-state index in [9.17, 15) is 0 Å². The van der Waals surface area contributed by atoms with Crippen LogP contribution in [0.15, 0.2) is 29.3 Å². The van der Waals surface area contributed by atoms with Crippen LogP contribution in [0.2, 0.25) is 0 Å². The molecule has 0 aromatic heterocycles. The van der Waals surface area contributed by atoms with Gasteiger partial charge in [0.25, 0.3) is 0 Å². The number of hydrogen-bond acceptors (Lipinski definition) is 2. The molecule has 5 heteroatoms. The maximum Gasteiger partial charge on any atom is 0.190 e. The van der Waals surface area contributed by atoms with Crippen molar-refractivity contribution in [2.45, 2.75) is 13.2 Å². The fourth-order valence-corrected chi connectivity index (χ4v) is 1.39. The summed E-state index contributed by atoms with van der Waals surface area (Å²) in [7, 11) is 5.30. The Morgan fingerprint density at radius 2 is 1.82 bits per heavy atom. The fraction of sp³-hybridized carbons (Fsp3) is 0.417. The average molecular weight is 349 g/mol. The lowest BCUT2D eigenvalue weighted by molar-refractivity contribution is 0.185. The van der Waals surface area contributed by atoms with Crippen LogP contribution in [0.3, 0.4) is 0 Å². The number of hydrogen-bond donors (Lipinski definition) is 2. The van der Waals surface area contributed by atoms with Crippen LogP contribution in [-0.4, -0.2) is 27.2 Å². The lowest BCUT2D eigenvalue weighted by Crippen LogP contribution is -2.34. The Balaban J connectivity index is 0.00000256. The smallest absolute Gasteiger partial charge is 0.190 e. The Hall–Kier alpha value is -0.820. The number of methoxy groups -OCH3 is 1. The van der Waals surface area contributed by atoms with E-state index in [1.807, 2.05) is 7.05 Å². The molecule has 0 heterocycles. The molecule has 0 bridgehead atoms. The summed E-state index contributed by atoms with van der Waals surface area (Å²) < 4.78 is 5.06. The minimum atomic E-state index is 0. The third-order valence-electron chi connectivity index (χ3n) is 2.25. The Morgan fingerprint density at radius 3 is 2.29 bits per heavy atom. The number of nitrogens with zero attached hydrogens (tertiary/aromatic N) is 1. The largest absolute Gasteiger partial charge is 0.380 e. The molecular formula is C12H20IN3O. The number of aliphatic imine (C=N–C) groups is 1. The zero-order chi connectivity index (χ0) is 11.8. The van der Waals surface area contributed by atoms with Crippen molar-refractivity contribution >= 4 is 29.9 Å². The highest BCUT2D eigenvalue weighted by molar-refractivity contribution is 14.0. The van der Waals surface area contributed by atoms with Gasteiger partial charge in [-0.3, -0.25) is 4.99 Å². The highest BCUT2D eigenvalue weighted by Crippen LogP contribution is 2.05. The molecule has 0 aliphatic rings. The first-order valence-corrected chi connectivity index (χ1v) is 5.25. The topological polar surface area (TPSA) is 45.7 Å². The van der Waals surface area contributed by atoms with Gasteiger partial charge in [0.2, 0.25) is 0 Å². The van der Waals surface area contributed by atoms with Gasteiger partial charge in [-0.25, -0.2) is 0 Å². The highest BCUT2D eigenvalue weighted by Gasteiger charge is 1.96. The summed E-state index contributed by atoms with van der Waals surface area (Å²) in [6, 6.07) is 8.32. The van der Waals surface area contributed by atoms with Gasteiger partial charge >= 0.3 is 0 Å². The second-order valence-corrected chi connectivity index (χ2v) is 3.43. The molecule has 17 heavy (non-hydrogen) atoms. The molecule has 0 atom stereocenters. The average Bonchev–Trinajstić information content (AvgIpc) is 2.33. The first kappa shape index (κ1) is 16.2. The molecule has 4 nitrogen and oxygen atoms in total. The van der Waals surface area contributed by atoms with Gasteiger partial charge in [0.05, 0.1) is 6.61 Å². The first-order valence-electron chi connectivity index (χ1n) is 5.25. The Kier molecular flexibility index (Phi) is 8.79. The summed E-state index contributed by atoms with van der Waals surface area (Å²) in [6.45, 7) is 1.42. The monoisotopic (exact) mass is 349 g/mol. The third-order valence-corrected chi connectivity index (χ3v) is 2.25. The van der Waals surface area contributed by atoms with Crippen molar-refractivity contribution in [2.75, 3.05) is 21.2 Å². The normalized spacial score (nSPS) is 10.6. The maximum absolute atomic E-state index is 5.06.